The molecule has 0 aliphatic carbocycles. The van der Waals surface area contributed by atoms with E-state index in [9.17, 15) is 4.39 Å². The first-order valence-electron chi connectivity index (χ1n) is 6.16. The molecule has 0 unspecified atom stereocenters. The summed E-state index contributed by atoms with van der Waals surface area (Å²) < 4.78 is 14.6. The quantitative estimate of drug-likeness (QED) is 0.931. The molecule has 1 heterocycles. The van der Waals surface area contributed by atoms with Crippen molar-refractivity contribution in [3.8, 4) is 0 Å². The Morgan fingerprint density at radius 1 is 1.37 bits per heavy atom. The molecule has 5 heteroatoms. The molecule has 0 saturated carbocycles. The summed E-state index contributed by atoms with van der Waals surface area (Å²) in [5, 5.41) is 8.33. The summed E-state index contributed by atoms with van der Waals surface area (Å²) in [5.74, 6) is -0.221. The molecule has 0 radical (unpaired) electrons. The van der Waals surface area contributed by atoms with Crippen LogP contribution in [-0.2, 0) is 13.6 Å². The molecule has 2 rings (SSSR count). The van der Waals surface area contributed by atoms with E-state index < -0.39 is 0 Å². The standard InChI is InChI=1S/C14H17ClFN3/c1-9(11-4-6-12(16)7-5-11)17-8-13-14(15)10(2)18-19(13)3/h4-7,9,17H,8H2,1-3H3/t9-/m0/s1. The largest absolute Gasteiger partial charge is 0.305 e. The maximum absolute atomic E-state index is 12.9. The van der Waals surface area contributed by atoms with Crippen molar-refractivity contribution in [2.45, 2.75) is 26.4 Å². The van der Waals surface area contributed by atoms with Crippen LogP contribution in [0.25, 0.3) is 0 Å². The Labute approximate surface area is 117 Å². The van der Waals surface area contributed by atoms with Gasteiger partial charge in [0.15, 0.2) is 0 Å². The second kappa shape index (κ2) is 5.72. The van der Waals surface area contributed by atoms with E-state index in [0.717, 1.165) is 17.0 Å². The van der Waals surface area contributed by atoms with Gasteiger partial charge in [0.2, 0.25) is 0 Å². The molecule has 1 aromatic carbocycles. The van der Waals surface area contributed by atoms with Crippen molar-refractivity contribution in [1.82, 2.24) is 15.1 Å². The van der Waals surface area contributed by atoms with Gasteiger partial charge in [-0.3, -0.25) is 4.68 Å². The molecule has 3 nitrogen and oxygen atoms in total. The van der Waals surface area contributed by atoms with Crippen LogP contribution in [-0.4, -0.2) is 9.78 Å². The van der Waals surface area contributed by atoms with Crippen LogP contribution in [0.2, 0.25) is 5.02 Å². The lowest BCUT2D eigenvalue weighted by atomic mass is 10.1. The number of hydrogen-bond acceptors (Lipinski definition) is 2. The van der Waals surface area contributed by atoms with Crippen LogP contribution >= 0.6 is 11.6 Å². The van der Waals surface area contributed by atoms with Gasteiger partial charge in [0.25, 0.3) is 0 Å². The number of aryl methyl sites for hydroxylation is 2. The number of aromatic nitrogens is 2. The van der Waals surface area contributed by atoms with E-state index in [2.05, 4.69) is 10.4 Å². The Morgan fingerprint density at radius 3 is 2.53 bits per heavy atom. The number of nitrogens with one attached hydrogen (secondary N) is 1. The summed E-state index contributed by atoms with van der Waals surface area (Å²) in [5.41, 5.74) is 2.82. The molecule has 0 fully saturated rings. The van der Waals surface area contributed by atoms with Crippen molar-refractivity contribution in [2.24, 2.45) is 7.05 Å². The smallest absolute Gasteiger partial charge is 0.123 e. The maximum atomic E-state index is 12.9. The minimum Gasteiger partial charge on any atom is -0.305 e. The van der Waals surface area contributed by atoms with Gasteiger partial charge in [-0.15, -0.1) is 0 Å². The lowest BCUT2D eigenvalue weighted by molar-refractivity contribution is 0.546. The van der Waals surface area contributed by atoms with Crippen LogP contribution in [0.5, 0.6) is 0 Å². The molecule has 1 aromatic heterocycles. The van der Waals surface area contributed by atoms with Gasteiger partial charge in [-0.2, -0.15) is 5.10 Å². The van der Waals surface area contributed by atoms with Gasteiger partial charge < -0.3 is 5.32 Å². The summed E-state index contributed by atoms with van der Waals surface area (Å²) in [7, 11) is 1.87. The summed E-state index contributed by atoms with van der Waals surface area (Å²) in [6, 6.07) is 6.61. The van der Waals surface area contributed by atoms with E-state index in [4.69, 9.17) is 11.6 Å². The molecule has 1 atom stereocenters. The Balaban J connectivity index is 2.04. The number of halogens is 2. The van der Waals surface area contributed by atoms with Gasteiger partial charge in [0.05, 0.1) is 16.4 Å². The predicted octanol–water partition coefficient (Wildman–Crippen LogP) is 3.37. The summed E-state index contributed by atoms with van der Waals surface area (Å²) >= 11 is 6.19. The second-order valence-electron chi connectivity index (χ2n) is 4.62. The average molecular weight is 282 g/mol. The first-order valence-corrected chi connectivity index (χ1v) is 6.53. The molecule has 1 N–H and O–H groups in total. The van der Waals surface area contributed by atoms with Gasteiger partial charge in [0.1, 0.15) is 5.82 Å². The Kier molecular flexibility index (Phi) is 4.22. The van der Waals surface area contributed by atoms with Gasteiger partial charge in [-0.05, 0) is 31.5 Å². The molecule has 0 saturated heterocycles. The lowest BCUT2D eigenvalue weighted by Crippen LogP contribution is -2.20. The maximum Gasteiger partial charge on any atom is 0.123 e. The molecule has 0 bridgehead atoms. The van der Waals surface area contributed by atoms with Crippen molar-refractivity contribution < 1.29 is 4.39 Å². The molecule has 102 valence electrons. The van der Waals surface area contributed by atoms with Gasteiger partial charge in [-0.25, -0.2) is 4.39 Å². The number of hydrogen-bond donors (Lipinski definition) is 1. The van der Waals surface area contributed by atoms with E-state index in [1.54, 1.807) is 16.8 Å². The topological polar surface area (TPSA) is 29.9 Å². The summed E-state index contributed by atoms with van der Waals surface area (Å²) in [4.78, 5) is 0. The fourth-order valence-corrected chi connectivity index (χ4v) is 2.22. The highest BCUT2D eigenvalue weighted by atomic mass is 35.5. The number of nitrogens with zero attached hydrogens (tertiary/aromatic N) is 2. The fourth-order valence-electron chi connectivity index (χ4n) is 1.99. The van der Waals surface area contributed by atoms with Crippen LogP contribution in [0.4, 0.5) is 4.39 Å². The number of rotatable bonds is 4. The minimum atomic E-state index is -0.221. The Hall–Kier alpha value is -1.39. The highest BCUT2D eigenvalue weighted by Gasteiger charge is 2.12. The van der Waals surface area contributed by atoms with Gasteiger partial charge in [-0.1, -0.05) is 23.7 Å². The van der Waals surface area contributed by atoms with E-state index in [0.29, 0.717) is 11.6 Å². The van der Waals surface area contributed by atoms with Crippen LogP contribution in [0.3, 0.4) is 0 Å². The first-order chi connectivity index (χ1) is 8.99. The minimum absolute atomic E-state index is 0.117. The highest BCUT2D eigenvalue weighted by molar-refractivity contribution is 6.31. The third-order valence-corrected chi connectivity index (χ3v) is 3.70. The molecule has 0 amide bonds. The van der Waals surface area contributed by atoms with Crippen LogP contribution < -0.4 is 5.32 Å². The SMILES string of the molecule is Cc1nn(C)c(CN[C@@H](C)c2ccc(F)cc2)c1Cl. The monoisotopic (exact) mass is 281 g/mol. The van der Waals surface area contributed by atoms with Crippen LogP contribution in [0.15, 0.2) is 24.3 Å². The molecular formula is C14H17ClFN3. The third kappa shape index (κ3) is 3.14. The lowest BCUT2D eigenvalue weighted by Gasteiger charge is -2.14. The number of benzene rings is 1. The molecule has 0 spiro atoms. The zero-order valence-electron chi connectivity index (χ0n) is 11.2. The summed E-state index contributed by atoms with van der Waals surface area (Å²) in [6.45, 7) is 4.54. The summed E-state index contributed by atoms with van der Waals surface area (Å²) in [6.07, 6.45) is 0. The second-order valence-corrected chi connectivity index (χ2v) is 5.00. The normalized spacial score (nSPS) is 12.7. The van der Waals surface area contributed by atoms with Crippen molar-refractivity contribution in [2.75, 3.05) is 0 Å². The zero-order valence-corrected chi connectivity index (χ0v) is 12.0. The van der Waals surface area contributed by atoms with E-state index >= 15 is 0 Å². The third-order valence-electron chi connectivity index (χ3n) is 3.21. The van der Waals surface area contributed by atoms with Gasteiger partial charge in [0, 0.05) is 19.6 Å². The van der Waals surface area contributed by atoms with Crippen LogP contribution in [0, 0.1) is 12.7 Å². The van der Waals surface area contributed by atoms with Crippen molar-refractivity contribution in [1.29, 1.82) is 0 Å². The Morgan fingerprint density at radius 2 is 2.00 bits per heavy atom. The molecule has 0 aliphatic heterocycles. The van der Waals surface area contributed by atoms with Crippen molar-refractivity contribution in [3.05, 3.63) is 52.1 Å². The van der Waals surface area contributed by atoms with Crippen molar-refractivity contribution in [3.63, 3.8) is 0 Å². The Bertz CT molecular complexity index is 563. The van der Waals surface area contributed by atoms with E-state index in [-0.39, 0.29) is 11.9 Å². The van der Waals surface area contributed by atoms with Crippen molar-refractivity contribution >= 4 is 11.6 Å². The highest BCUT2D eigenvalue weighted by Crippen LogP contribution is 2.20. The first kappa shape index (κ1) is 14.0. The van der Waals surface area contributed by atoms with Gasteiger partial charge >= 0.3 is 0 Å². The molecule has 2 aromatic rings. The predicted molar refractivity (Wildman–Crippen MR) is 74.6 cm³/mol. The van der Waals surface area contributed by atoms with E-state index in [1.807, 2.05) is 20.9 Å². The van der Waals surface area contributed by atoms with E-state index in [1.165, 1.54) is 12.1 Å². The average Bonchev–Trinajstić information content (AvgIpc) is 2.62. The molecule has 0 aliphatic rings. The zero-order chi connectivity index (χ0) is 14.0. The molecule has 19 heavy (non-hydrogen) atoms. The molecular weight excluding hydrogens is 265 g/mol. The fraction of sp³-hybridized carbons (Fsp3) is 0.357. The van der Waals surface area contributed by atoms with Crippen LogP contribution in [0.1, 0.15) is 29.9 Å².